The van der Waals surface area contributed by atoms with Crippen LogP contribution in [0.1, 0.15) is 6.92 Å². The third-order valence-electron chi connectivity index (χ3n) is 3.25. The van der Waals surface area contributed by atoms with E-state index in [4.69, 9.17) is 11.6 Å². The van der Waals surface area contributed by atoms with Crippen LogP contribution >= 0.6 is 11.6 Å². The first kappa shape index (κ1) is 18.2. The number of hydrogen-bond acceptors (Lipinski definition) is 4. The SMILES string of the molecule is CCS(=O)(=O)c1ccc(NCC(=O)Nc2ccc(Cl)cc2F)cc1. The number of amides is 1. The maximum Gasteiger partial charge on any atom is 0.243 e. The fourth-order valence-electron chi connectivity index (χ4n) is 1.91. The first-order valence-electron chi connectivity index (χ1n) is 7.13. The molecule has 0 spiro atoms. The number of benzene rings is 2. The van der Waals surface area contributed by atoms with Gasteiger partial charge in [0.25, 0.3) is 0 Å². The van der Waals surface area contributed by atoms with Gasteiger partial charge in [-0.1, -0.05) is 18.5 Å². The first-order chi connectivity index (χ1) is 11.3. The van der Waals surface area contributed by atoms with Crippen LogP contribution in [0.4, 0.5) is 15.8 Å². The van der Waals surface area contributed by atoms with Gasteiger partial charge in [-0.15, -0.1) is 0 Å². The highest BCUT2D eigenvalue weighted by atomic mass is 35.5. The molecule has 0 aliphatic rings. The van der Waals surface area contributed by atoms with E-state index >= 15 is 0 Å². The predicted octanol–water partition coefficient (Wildman–Crippen LogP) is 3.32. The Balaban J connectivity index is 1.94. The van der Waals surface area contributed by atoms with Gasteiger partial charge >= 0.3 is 0 Å². The molecule has 8 heteroatoms. The van der Waals surface area contributed by atoms with Crippen molar-refractivity contribution >= 4 is 38.7 Å². The lowest BCUT2D eigenvalue weighted by Crippen LogP contribution is -2.22. The summed E-state index contributed by atoms with van der Waals surface area (Å²) in [4.78, 5) is 12.1. The van der Waals surface area contributed by atoms with Crippen molar-refractivity contribution in [2.24, 2.45) is 0 Å². The molecule has 0 fully saturated rings. The Morgan fingerprint density at radius 3 is 2.42 bits per heavy atom. The zero-order chi connectivity index (χ0) is 17.7. The van der Waals surface area contributed by atoms with Gasteiger partial charge in [-0.2, -0.15) is 0 Å². The molecule has 0 aromatic heterocycles. The monoisotopic (exact) mass is 370 g/mol. The molecule has 5 nitrogen and oxygen atoms in total. The molecule has 0 radical (unpaired) electrons. The minimum absolute atomic E-state index is 0.0227. The van der Waals surface area contributed by atoms with E-state index in [0.29, 0.717) is 5.69 Å². The molecule has 128 valence electrons. The van der Waals surface area contributed by atoms with Gasteiger partial charge < -0.3 is 10.6 Å². The molecule has 1 amide bonds. The van der Waals surface area contributed by atoms with Crippen LogP contribution in [0, 0.1) is 5.82 Å². The van der Waals surface area contributed by atoms with Crippen molar-refractivity contribution in [2.45, 2.75) is 11.8 Å². The van der Waals surface area contributed by atoms with Crippen LogP contribution in [0.2, 0.25) is 5.02 Å². The zero-order valence-corrected chi connectivity index (χ0v) is 14.4. The second-order valence-corrected chi connectivity index (χ2v) is 7.67. The molecule has 24 heavy (non-hydrogen) atoms. The highest BCUT2D eigenvalue weighted by molar-refractivity contribution is 7.91. The Hall–Kier alpha value is -2.12. The van der Waals surface area contributed by atoms with Gasteiger partial charge in [-0.25, -0.2) is 12.8 Å². The summed E-state index contributed by atoms with van der Waals surface area (Å²) in [7, 11) is -3.25. The third kappa shape index (κ3) is 4.69. The molecule has 0 heterocycles. The van der Waals surface area contributed by atoms with E-state index in [9.17, 15) is 17.6 Å². The van der Waals surface area contributed by atoms with Crippen LogP contribution in [-0.2, 0) is 14.6 Å². The highest BCUT2D eigenvalue weighted by Crippen LogP contribution is 2.19. The summed E-state index contributed by atoms with van der Waals surface area (Å²) < 4.78 is 37.0. The largest absolute Gasteiger partial charge is 0.376 e. The maximum absolute atomic E-state index is 13.6. The van der Waals surface area contributed by atoms with Crippen LogP contribution < -0.4 is 10.6 Å². The van der Waals surface area contributed by atoms with Gasteiger partial charge in [0, 0.05) is 10.7 Å². The smallest absolute Gasteiger partial charge is 0.243 e. The zero-order valence-electron chi connectivity index (χ0n) is 12.8. The van der Waals surface area contributed by atoms with E-state index in [0.717, 1.165) is 6.07 Å². The fourth-order valence-corrected chi connectivity index (χ4v) is 2.96. The van der Waals surface area contributed by atoms with Gasteiger partial charge in [0.05, 0.1) is 22.9 Å². The van der Waals surface area contributed by atoms with E-state index in [1.807, 2.05) is 0 Å². The number of halogens is 2. The third-order valence-corrected chi connectivity index (χ3v) is 5.24. The fraction of sp³-hybridized carbons (Fsp3) is 0.188. The Bertz CT molecular complexity index is 839. The van der Waals surface area contributed by atoms with Crippen molar-refractivity contribution in [1.29, 1.82) is 0 Å². The normalized spacial score (nSPS) is 11.1. The number of anilines is 2. The van der Waals surface area contributed by atoms with Gasteiger partial charge in [0.1, 0.15) is 5.82 Å². The van der Waals surface area contributed by atoms with Crippen molar-refractivity contribution in [1.82, 2.24) is 0 Å². The molecule has 0 saturated carbocycles. The topological polar surface area (TPSA) is 75.3 Å². The molecule has 0 saturated heterocycles. The van der Waals surface area contributed by atoms with Crippen molar-refractivity contribution in [3.63, 3.8) is 0 Å². The molecule has 2 N–H and O–H groups in total. The summed E-state index contributed by atoms with van der Waals surface area (Å²) in [6.45, 7) is 1.48. The number of sulfone groups is 1. The number of nitrogens with one attached hydrogen (secondary N) is 2. The average molecular weight is 371 g/mol. The van der Waals surface area contributed by atoms with E-state index in [1.54, 1.807) is 19.1 Å². The van der Waals surface area contributed by atoms with Gasteiger partial charge in [0.2, 0.25) is 5.91 Å². The predicted molar refractivity (Wildman–Crippen MR) is 92.7 cm³/mol. The lowest BCUT2D eigenvalue weighted by atomic mass is 10.3. The summed E-state index contributed by atoms with van der Waals surface area (Å²) >= 11 is 5.64. The van der Waals surface area contributed by atoms with Crippen molar-refractivity contribution < 1.29 is 17.6 Å². The second-order valence-electron chi connectivity index (χ2n) is 4.95. The summed E-state index contributed by atoms with van der Waals surface area (Å²) in [5.41, 5.74) is 0.618. The molecule has 0 unspecified atom stereocenters. The van der Waals surface area contributed by atoms with E-state index in [2.05, 4.69) is 10.6 Å². The molecule has 2 rings (SSSR count). The molecule has 0 aliphatic carbocycles. The van der Waals surface area contributed by atoms with Crippen molar-refractivity contribution in [3.8, 4) is 0 Å². The maximum atomic E-state index is 13.6. The van der Waals surface area contributed by atoms with Gasteiger partial charge in [-0.05, 0) is 42.5 Å². The quantitative estimate of drug-likeness (QED) is 0.817. The number of rotatable bonds is 6. The van der Waals surface area contributed by atoms with Crippen molar-refractivity contribution in [3.05, 3.63) is 53.3 Å². The van der Waals surface area contributed by atoms with Crippen LogP contribution in [-0.4, -0.2) is 26.6 Å². The number of carbonyl (C=O) groups excluding carboxylic acids is 1. The Morgan fingerprint density at radius 2 is 1.83 bits per heavy atom. The Labute approximate surface area is 144 Å². The molecule has 0 aliphatic heterocycles. The van der Waals surface area contributed by atoms with Crippen LogP contribution in [0.15, 0.2) is 47.4 Å². The summed E-state index contributed by atoms with van der Waals surface area (Å²) in [5.74, 6) is -1.04. The lowest BCUT2D eigenvalue weighted by Gasteiger charge is -2.09. The van der Waals surface area contributed by atoms with E-state index in [-0.39, 0.29) is 27.9 Å². The minimum atomic E-state index is -3.25. The molecule has 2 aromatic carbocycles. The first-order valence-corrected chi connectivity index (χ1v) is 9.16. The summed E-state index contributed by atoms with van der Waals surface area (Å²) in [5, 5.41) is 5.50. The number of hydrogen-bond donors (Lipinski definition) is 2. The van der Waals surface area contributed by atoms with Crippen LogP contribution in [0.25, 0.3) is 0 Å². The molecular weight excluding hydrogens is 355 g/mol. The van der Waals surface area contributed by atoms with Gasteiger partial charge in [0.15, 0.2) is 9.84 Å². The standard InChI is InChI=1S/C16H16ClFN2O3S/c1-2-24(22,23)13-6-4-12(5-7-13)19-10-16(21)20-15-8-3-11(17)9-14(15)18/h3-9,19H,2,10H2,1H3,(H,20,21). The molecule has 2 aromatic rings. The van der Waals surface area contributed by atoms with Crippen molar-refractivity contribution in [2.75, 3.05) is 22.9 Å². The summed E-state index contributed by atoms with van der Waals surface area (Å²) in [6, 6.07) is 10.0. The minimum Gasteiger partial charge on any atom is -0.376 e. The average Bonchev–Trinajstić information content (AvgIpc) is 2.56. The lowest BCUT2D eigenvalue weighted by molar-refractivity contribution is -0.114. The van der Waals surface area contributed by atoms with E-state index in [1.165, 1.54) is 24.3 Å². The molecule has 0 bridgehead atoms. The molecular formula is C16H16ClFN2O3S. The van der Waals surface area contributed by atoms with E-state index < -0.39 is 21.6 Å². The number of carbonyl (C=O) groups is 1. The Morgan fingerprint density at radius 1 is 1.17 bits per heavy atom. The van der Waals surface area contributed by atoms with Crippen LogP contribution in [0.3, 0.4) is 0 Å². The van der Waals surface area contributed by atoms with Gasteiger partial charge in [-0.3, -0.25) is 4.79 Å². The second kappa shape index (κ2) is 7.63. The highest BCUT2D eigenvalue weighted by Gasteiger charge is 2.11. The van der Waals surface area contributed by atoms with Crippen LogP contribution in [0.5, 0.6) is 0 Å². The summed E-state index contributed by atoms with van der Waals surface area (Å²) in [6.07, 6.45) is 0. The molecule has 0 atom stereocenters. The Kier molecular flexibility index (Phi) is 5.80.